The van der Waals surface area contributed by atoms with Crippen molar-refractivity contribution in [1.82, 2.24) is 4.98 Å². The highest BCUT2D eigenvalue weighted by Gasteiger charge is 2.31. The van der Waals surface area contributed by atoms with Gasteiger partial charge in [0.1, 0.15) is 11.0 Å². The normalized spacial score (nSPS) is 11.7. The molecule has 108 valence electrons. The molecule has 4 nitrogen and oxygen atoms in total. The highest BCUT2D eigenvalue weighted by molar-refractivity contribution is 6.29. The van der Waals surface area contributed by atoms with Gasteiger partial charge in [-0.3, -0.25) is 0 Å². The van der Waals surface area contributed by atoms with E-state index in [0.717, 1.165) is 12.1 Å². The number of hydrogen-bond acceptors (Lipinski definition) is 4. The molecule has 1 N–H and O–H groups in total. The Morgan fingerprint density at radius 1 is 1.37 bits per heavy atom. The number of ether oxygens (including phenoxy) is 1. The van der Waals surface area contributed by atoms with Gasteiger partial charge in [0.05, 0.1) is 25.4 Å². The van der Waals surface area contributed by atoms with Gasteiger partial charge in [0.2, 0.25) is 0 Å². The van der Waals surface area contributed by atoms with Crippen LogP contribution in [0.5, 0.6) is 0 Å². The van der Waals surface area contributed by atoms with Gasteiger partial charge in [0.25, 0.3) is 0 Å². The van der Waals surface area contributed by atoms with Crippen LogP contribution in [-0.4, -0.2) is 43.5 Å². The summed E-state index contributed by atoms with van der Waals surface area (Å²) in [7, 11) is 1.58. The number of anilines is 1. The third-order valence-electron chi connectivity index (χ3n) is 2.31. The van der Waals surface area contributed by atoms with Gasteiger partial charge >= 0.3 is 6.18 Å². The zero-order valence-electron chi connectivity index (χ0n) is 10.2. The van der Waals surface area contributed by atoms with Crippen molar-refractivity contribution in [2.75, 3.05) is 38.3 Å². The average Bonchev–Trinajstić information content (AvgIpc) is 2.32. The number of rotatable bonds is 6. The SMILES string of the molecule is CN(CCOCCO)c1cc(C(F)(F)F)cc(Cl)n1. The first kappa shape index (κ1) is 16.0. The molecule has 0 aliphatic heterocycles. The molecule has 0 saturated carbocycles. The molecule has 0 bridgehead atoms. The van der Waals surface area contributed by atoms with Crippen LogP contribution in [0.25, 0.3) is 0 Å². The molecular formula is C11H14ClF3N2O2. The van der Waals surface area contributed by atoms with Gasteiger partial charge in [-0.2, -0.15) is 13.2 Å². The first-order valence-electron chi connectivity index (χ1n) is 5.49. The minimum absolute atomic E-state index is 0.0998. The number of aliphatic hydroxyl groups excluding tert-OH is 1. The van der Waals surface area contributed by atoms with Gasteiger partial charge in [-0.15, -0.1) is 0 Å². The van der Waals surface area contributed by atoms with Crippen molar-refractivity contribution in [1.29, 1.82) is 0 Å². The van der Waals surface area contributed by atoms with Crippen LogP contribution in [0.4, 0.5) is 19.0 Å². The lowest BCUT2D eigenvalue weighted by atomic mass is 10.2. The molecule has 8 heteroatoms. The fourth-order valence-electron chi connectivity index (χ4n) is 1.32. The van der Waals surface area contributed by atoms with Crippen molar-refractivity contribution in [2.45, 2.75) is 6.18 Å². The summed E-state index contributed by atoms with van der Waals surface area (Å²) in [4.78, 5) is 5.33. The van der Waals surface area contributed by atoms with Crippen molar-refractivity contribution < 1.29 is 23.0 Å². The van der Waals surface area contributed by atoms with Crippen LogP contribution in [0.15, 0.2) is 12.1 Å². The van der Waals surface area contributed by atoms with Crippen LogP contribution in [0, 0.1) is 0 Å². The smallest absolute Gasteiger partial charge is 0.394 e. The molecule has 0 unspecified atom stereocenters. The van der Waals surface area contributed by atoms with Crippen LogP contribution in [0.2, 0.25) is 5.15 Å². The van der Waals surface area contributed by atoms with E-state index < -0.39 is 11.7 Å². The predicted molar refractivity (Wildman–Crippen MR) is 65.4 cm³/mol. The molecule has 0 aromatic carbocycles. The van der Waals surface area contributed by atoms with E-state index in [1.54, 1.807) is 7.05 Å². The molecule has 0 aliphatic carbocycles. The van der Waals surface area contributed by atoms with Gasteiger partial charge in [-0.1, -0.05) is 11.6 Å². The number of pyridine rings is 1. The second kappa shape index (κ2) is 6.93. The Morgan fingerprint density at radius 3 is 2.63 bits per heavy atom. The van der Waals surface area contributed by atoms with Crippen LogP contribution in [0.1, 0.15) is 5.56 Å². The molecule has 0 radical (unpaired) electrons. The zero-order valence-corrected chi connectivity index (χ0v) is 11.0. The molecule has 0 aliphatic rings. The van der Waals surface area contributed by atoms with Gasteiger partial charge in [-0.05, 0) is 12.1 Å². The van der Waals surface area contributed by atoms with Gasteiger partial charge in [-0.25, -0.2) is 4.98 Å². The summed E-state index contributed by atoms with van der Waals surface area (Å²) in [5.74, 6) is 0.118. The Labute approximate surface area is 113 Å². The van der Waals surface area contributed by atoms with Crippen molar-refractivity contribution in [2.24, 2.45) is 0 Å². The molecule has 0 atom stereocenters. The average molecular weight is 299 g/mol. The number of aliphatic hydroxyl groups is 1. The lowest BCUT2D eigenvalue weighted by Gasteiger charge is -2.19. The van der Waals surface area contributed by atoms with E-state index in [0.29, 0.717) is 6.54 Å². The highest BCUT2D eigenvalue weighted by Crippen LogP contribution is 2.32. The molecule has 0 fully saturated rings. The lowest BCUT2D eigenvalue weighted by molar-refractivity contribution is -0.137. The van der Waals surface area contributed by atoms with E-state index in [-0.39, 0.29) is 30.8 Å². The minimum Gasteiger partial charge on any atom is -0.394 e. The fraction of sp³-hybridized carbons (Fsp3) is 0.545. The van der Waals surface area contributed by atoms with Crippen molar-refractivity contribution in [3.63, 3.8) is 0 Å². The number of aromatic nitrogens is 1. The quantitative estimate of drug-likeness (QED) is 0.646. The minimum atomic E-state index is -4.46. The van der Waals surface area contributed by atoms with Crippen LogP contribution in [-0.2, 0) is 10.9 Å². The van der Waals surface area contributed by atoms with E-state index >= 15 is 0 Å². The first-order chi connectivity index (χ1) is 8.84. The maximum absolute atomic E-state index is 12.6. The maximum Gasteiger partial charge on any atom is 0.416 e. The second-order valence-electron chi connectivity index (χ2n) is 3.79. The molecule has 1 aromatic heterocycles. The number of hydrogen-bond donors (Lipinski definition) is 1. The zero-order chi connectivity index (χ0) is 14.5. The number of likely N-dealkylation sites (N-methyl/N-ethyl adjacent to an activating group) is 1. The number of nitrogens with zero attached hydrogens (tertiary/aromatic N) is 2. The molecule has 1 heterocycles. The summed E-state index contributed by atoms with van der Waals surface area (Å²) in [6.07, 6.45) is -4.46. The molecule has 0 spiro atoms. The molecule has 1 rings (SSSR count). The van der Waals surface area contributed by atoms with Crippen molar-refractivity contribution in [3.8, 4) is 0 Å². The molecular weight excluding hydrogens is 285 g/mol. The van der Waals surface area contributed by atoms with Gasteiger partial charge in [0, 0.05) is 13.6 Å². The van der Waals surface area contributed by atoms with Gasteiger partial charge < -0.3 is 14.7 Å². The van der Waals surface area contributed by atoms with E-state index in [2.05, 4.69) is 4.98 Å². The topological polar surface area (TPSA) is 45.6 Å². The van der Waals surface area contributed by atoms with Crippen LogP contribution < -0.4 is 4.90 Å². The van der Waals surface area contributed by atoms with E-state index in [1.807, 2.05) is 0 Å². The maximum atomic E-state index is 12.6. The number of alkyl halides is 3. The highest BCUT2D eigenvalue weighted by atomic mass is 35.5. The standard InChI is InChI=1S/C11H14ClF3N2O2/c1-17(2-4-19-5-3-18)10-7-8(11(13,14)15)6-9(12)16-10/h6-7,18H,2-5H2,1H3. The number of halogens is 4. The predicted octanol–water partition coefficient (Wildman–Crippen LogP) is 2.20. The van der Waals surface area contributed by atoms with E-state index in [4.69, 9.17) is 21.4 Å². The summed E-state index contributed by atoms with van der Waals surface area (Å²) >= 11 is 5.58. The van der Waals surface area contributed by atoms with Crippen molar-refractivity contribution >= 4 is 17.4 Å². The molecule has 1 aromatic rings. The van der Waals surface area contributed by atoms with Crippen molar-refractivity contribution in [3.05, 3.63) is 22.8 Å². The summed E-state index contributed by atoms with van der Waals surface area (Å²) in [5, 5.41) is 8.30. The van der Waals surface area contributed by atoms with Crippen LogP contribution >= 0.6 is 11.6 Å². The summed E-state index contributed by atoms with van der Waals surface area (Å²) < 4.78 is 42.8. The molecule has 0 saturated heterocycles. The summed E-state index contributed by atoms with van der Waals surface area (Å²) in [6, 6.07) is 1.71. The fourth-order valence-corrected chi connectivity index (χ4v) is 1.53. The molecule has 0 amide bonds. The Morgan fingerprint density at radius 2 is 2.05 bits per heavy atom. The van der Waals surface area contributed by atoms with E-state index in [9.17, 15) is 13.2 Å². The first-order valence-corrected chi connectivity index (χ1v) is 5.87. The Balaban J connectivity index is 2.74. The summed E-state index contributed by atoms with van der Waals surface area (Å²) in [6.45, 7) is 0.694. The third-order valence-corrected chi connectivity index (χ3v) is 2.50. The second-order valence-corrected chi connectivity index (χ2v) is 4.18. The third kappa shape index (κ3) is 5.22. The summed E-state index contributed by atoms with van der Waals surface area (Å²) in [5.41, 5.74) is -0.842. The van der Waals surface area contributed by atoms with Crippen LogP contribution in [0.3, 0.4) is 0 Å². The Kier molecular flexibility index (Phi) is 5.84. The monoisotopic (exact) mass is 298 g/mol. The van der Waals surface area contributed by atoms with E-state index in [1.165, 1.54) is 4.90 Å². The Hall–Kier alpha value is -1.05. The Bertz CT molecular complexity index is 415. The van der Waals surface area contributed by atoms with Gasteiger partial charge in [0.15, 0.2) is 0 Å². The largest absolute Gasteiger partial charge is 0.416 e. The molecule has 19 heavy (non-hydrogen) atoms. The lowest BCUT2D eigenvalue weighted by Crippen LogP contribution is -2.24.